The molecule has 0 aliphatic carbocycles. The van der Waals surface area contributed by atoms with Crippen LogP contribution in [0.2, 0.25) is 0 Å². The zero-order chi connectivity index (χ0) is 20.5. The molecule has 0 bridgehead atoms. The fourth-order valence-corrected chi connectivity index (χ4v) is 3.39. The van der Waals surface area contributed by atoms with Crippen molar-refractivity contribution < 1.29 is 28.5 Å². The van der Waals surface area contributed by atoms with Gasteiger partial charge in [-0.05, 0) is 42.0 Å². The molecule has 0 saturated heterocycles. The Morgan fingerprint density at radius 2 is 1.83 bits per heavy atom. The first kappa shape index (κ1) is 18.1. The molecule has 0 N–H and O–H groups in total. The van der Waals surface area contributed by atoms with E-state index in [1.165, 1.54) is 0 Å². The van der Waals surface area contributed by atoms with E-state index in [0.717, 1.165) is 16.9 Å². The first-order valence-electron chi connectivity index (χ1n) is 9.44. The highest BCUT2D eigenvalue weighted by Gasteiger charge is 2.28. The van der Waals surface area contributed by atoms with Crippen molar-refractivity contribution in [3.63, 3.8) is 0 Å². The van der Waals surface area contributed by atoms with Gasteiger partial charge in [0.05, 0.1) is 12.7 Å². The van der Waals surface area contributed by atoms with Crippen LogP contribution in [0.4, 0.5) is 0 Å². The van der Waals surface area contributed by atoms with Gasteiger partial charge in [0.15, 0.2) is 17.3 Å². The predicted octanol–water partition coefficient (Wildman–Crippen LogP) is 4.62. The van der Waals surface area contributed by atoms with E-state index in [-0.39, 0.29) is 18.3 Å². The van der Waals surface area contributed by atoms with E-state index in [0.29, 0.717) is 35.2 Å². The minimum atomic E-state index is -0.168. The highest BCUT2D eigenvalue weighted by Crippen LogP contribution is 2.37. The lowest BCUT2D eigenvalue weighted by molar-refractivity contribution is 0.101. The monoisotopic (exact) mass is 402 g/mol. The number of ether oxygens (including phenoxy) is 5. The van der Waals surface area contributed by atoms with E-state index in [1.54, 1.807) is 31.4 Å². The van der Waals surface area contributed by atoms with Crippen LogP contribution in [0.1, 0.15) is 21.5 Å². The Bertz CT molecular complexity index is 1160. The van der Waals surface area contributed by atoms with E-state index in [2.05, 4.69) is 0 Å². The Kier molecular flexibility index (Phi) is 4.52. The lowest BCUT2D eigenvalue weighted by Crippen LogP contribution is -1.99. The third kappa shape index (κ3) is 3.33. The van der Waals surface area contributed by atoms with Gasteiger partial charge < -0.3 is 23.7 Å². The van der Waals surface area contributed by atoms with Crippen LogP contribution in [0.15, 0.2) is 66.4 Å². The summed E-state index contributed by atoms with van der Waals surface area (Å²) in [6.07, 6.45) is 1.69. The van der Waals surface area contributed by atoms with E-state index in [1.807, 2.05) is 42.5 Å². The maximum atomic E-state index is 12.7. The molecule has 3 aromatic carbocycles. The van der Waals surface area contributed by atoms with Crippen LogP contribution in [0.5, 0.6) is 28.7 Å². The quantitative estimate of drug-likeness (QED) is 0.581. The summed E-state index contributed by atoms with van der Waals surface area (Å²) in [6.45, 7) is 0.546. The number of methoxy groups -OCH3 is 1. The number of rotatable bonds is 5. The van der Waals surface area contributed by atoms with E-state index in [4.69, 9.17) is 23.7 Å². The van der Waals surface area contributed by atoms with E-state index in [9.17, 15) is 4.79 Å². The van der Waals surface area contributed by atoms with Crippen molar-refractivity contribution in [1.82, 2.24) is 0 Å². The average Bonchev–Trinajstić information content (AvgIpc) is 3.36. The highest BCUT2D eigenvalue weighted by molar-refractivity contribution is 6.14. The van der Waals surface area contributed by atoms with Gasteiger partial charge in [0.2, 0.25) is 12.6 Å². The molecule has 0 unspecified atom stereocenters. The third-order valence-electron chi connectivity index (χ3n) is 4.92. The van der Waals surface area contributed by atoms with E-state index < -0.39 is 0 Å². The Hall–Kier alpha value is -3.93. The van der Waals surface area contributed by atoms with Crippen LogP contribution in [0, 0.1) is 0 Å². The van der Waals surface area contributed by atoms with Crippen molar-refractivity contribution in [1.29, 1.82) is 0 Å². The molecule has 0 aromatic heterocycles. The number of Topliss-reactive ketones (excluding diaryl/α,β-unsaturated/α-hetero) is 1. The second-order valence-corrected chi connectivity index (χ2v) is 6.81. The molecule has 2 aliphatic heterocycles. The van der Waals surface area contributed by atoms with Gasteiger partial charge >= 0.3 is 0 Å². The molecule has 0 amide bonds. The van der Waals surface area contributed by atoms with Crippen molar-refractivity contribution in [3.8, 4) is 28.7 Å². The van der Waals surface area contributed by atoms with Crippen LogP contribution >= 0.6 is 0 Å². The summed E-state index contributed by atoms with van der Waals surface area (Å²) in [7, 11) is 1.63. The van der Waals surface area contributed by atoms with Crippen molar-refractivity contribution in [2.24, 2.45) is 0 Å². The average molecular weight is 402 g/mol. The zero-order valence-corrected chi connectivity index (χ0v) is 16.2. The van der Waals surface area contributed by atoms with Crippen molar-refractivity contribution in [2.45, 2.75) is 6.61 Å². The summed E-state index contributed by atoms with van der Waals surface area (Å²) < 4.78 is 27.7. The Morgan fingerprint density at radius 3 is 2.73 bits per heavy atom. The summed E-state index contributed by atoms with van der Waals surface area (Å²) in [5.41, 5.74) is 2.23. The van der Waals surface area contributed by atoms with Gasteiger partial charge in [-0.3, -0.25) is 4.79 Å². The van der Waals surface area contributed by atoms with Crippen LogP contribution in [0.3, 0.4) is 0 Å². The Morgan fingerprint density at radius 1 is 0.967 bits per heavy atom. The summed E-state index contributed by atoms with van der Waals surface area (Å²) in [6, 6.07) is 18.3. The standard InChI is InChI=1S/C24H18O6/c1-26-19-5-3-2-4-16(19)13-27-17-7-8-18-21(12-17)30-23(24(18)25)11-15-6-9-20-22(10-15)29-14-28-20/h2-12H,13-14H2,1H3. The molecular formula is C24H18O6. The van der Waals surface area contributed by atoms with Gasteiger partial charge in [-0.1, -0.05) is 24.3 Å². The lowest BCUT2D eigenvalue weighted by Gasteiger charge is -2.10. The summed E-state index contributed by atoms with van der Waals surface area (Å²) in [5.74, 6) is 3.28. The van der Waals surface area contributed by atoms with Crippen LogP contribution < -0.4 is 23.7 Å². The molecule has 0 spiro atoms. The van der Waals surface area contributed by atoms with Crippen LogP contribution in [0.25, 0.3) is 6.08 Å². The predicted molar refractivity (Wildman–Crippen MR) is 109 cm³/mol. The lowest BCUT2D eigenvalue weighted by atomic mass is 10.1. The number of benzene rings is 3. The highest BCUT2D eigenvalue weighted by atomic mass is 16.7. The molecule has 0 saturated carbocycles. The smallest absolute Gasteiger partial charge is 0.231 e. The number of para-hydroxylation sites is 1. The van der Waals surface area contributed by atoms with Gasteiger partial charge in [0, 0.05) is 11.6 Å². The second-order valence-electron chi connectivity index (χ2n) is 6.81. The van der Waals surface area contributed by atoms with Crippen molar-refractivity contribution >= 4 is 11.9 Å². The van der Waals surface area contributed by atoms with Crippen LogP contribution in [-0.2, 0) is 6.61 Å². The maximum Gasteiger partial charge on any atom is 0.231 e. The second kappa shape index (κ2) is 7.48. The number of fused-ring (bicyclic) bond motifs is 2. The largest absolute Gasteiger partial charge is 0.496 e. The minimum Gasteiger partial charge on any atom is -0.496 e. The number of hydrogen-bond donors (Lipinski definition) is 0. The number of hydrogen-bond acceptors (Lipinski definition) is 6. The third-order valence-corrected chi connectivity index (χ3v) is 4.92. The normalized spacial score (nSPS) is 15.1. The molecule has 6 nitrogen and oxygen atoms in total. The number of allylic oxidation sites excluding steroid dienone is 1. The fourth-order valence-electron chi connectivity index (χ4n) is 3.39. The molecule has 0 atom stereocenters. The maximum absolute atomic E-state index is 12.7. The molecular weight excluding hydrogens is 384 g/mol. The number of ketones is 1. The summed E-state index contributed by atoms with van der Waals surface area (Å²) in [5, 5.41) is 0. The number of carbonyl (C=O) groups is 1. The Labute approximate surface area is 173 Å². The molecule has 2 aliphatic rings. The topological polar surface area (TPSA) is 63.2 Å². The molecule has 3 aromatic rings. The van der Waals surface area contributed by atoms with Gasteiger partial charge in [0.1, 0.15) is 23.9 Å². The summed E-state index contributed by atoms with van der Waals surface area (Å²) >= 11 is 0. The molecule has 30 heavy (non-hydrogen) atoms. The summed E-state index contributed by atoms with van der Waals surface area (Å²) in [4.78, 5) is 12.7. The zero-order valence-electron chi connectivity index (χ0n) is 16.2. The Balaban J connectivity index is 1.34. The molecule has 2 heterocycles. The van der Waals surface area contributed by atoms with Crippen molar-refractivity contribution in [2.75, 3.05) is 13.9 Å². The minimum absolute atomic E-state index is 0.168. The fraction of sp³-hybridized carbons (Fsp3) is 0.125. The van der Waals surface area contributed by atoms with Crippen molar-refractivity contribution in [3.05, 3.63) is 83.1 Å². The number of carbonyl (C=O) groups excluding carboxylic acids is 1. The molecule has 6 heteroatoms. The first-order chi connectivity index (χ1) is 14.7. The van der Waals surface area contributed by atoms with Gasteiger partial charge in [-0.25, -0.2) is 0 Å². The molecule has 0 fully saturated rings. The molecule has 150 valence electrons. The van der Waals surface area contributed by atoms with Gasteiger partial charge in [0.25, 0.3) is 0 Å². The van der Waals surface area contributed by atoms with Gasteiger partial charge in [-0.2, -0.15) is 0 Å². The van der Waals surface area contributed by atoms with E-state index >= 15 is 0 Å². The van der Waals surface area contributed by atoms with Crippen LogP contribution in [-0.4, -0.2) is 19.7 Å². The molecule has 5 rings (SSSR count). The first-order valence-corrected chi connectivity index (χ1v) is 9.44. The SMILES string of the molecule is COc1ccccc1COc1ccc2c(c1)OC(=Cc1ccc3c(c1)OCO3)C2=O. The van der Waals surface area contributed by atoms with Gasteiger partial charge in [-0.15, -0.1) is 0 Å². The molecule has 0 radical (unpaired) electrons.